The highest BCUT2D eigenvalue weighted by Gasteiger charge is 2.21. The van der Waals surface area contributed by atoms with Gasteiger partial charge in [0, 0.05) is 24.8 Å². The van der Waals surface area contributed by atoms with Gasteiger partial charge in [-0.15, -0.1) is 0 Å². The Kier molecular flexibility index (Phi) is 6.37. The molecule has 8 heteroatoms. The van der Waals surface area contributed by atoms with Crippen molar-refractivity contribution in [2.24, 2.45) is 0 Å². The molecule has 1 aromatic heterocycles. The maximum Gasteiger partial charge on any atom is 0.246 e. The van der Waals surface area contributed by atoms with Crippen LogP contribution in [0.4, 0.5) is 11.5 Å². The van der Waals surface area contributed by atoms with Gasteiger partial charge in [-0.3, -0.25) is 9.48 Å². The van der Waals surface area contributed by atoms with Crippen LogP contribution in [0.5, 0.6) is 11.5 Å². The molecule has 162 valence electrons. The zero-order chi connectivity index (χ0) is 21.6. The molecule has 0 spiro atoms. The lowest BCUT2D eigenvalue weighted by atomic mass is 10.1. The van der Waals surface area contributed by atoms with E-state index in [9.17, 15) is 4.79 Å². The molecule has 1 amide bonds. The van der Waals surface area contributed by atoms with Crippen molar-refractivity contribution in [3.63, 3.8) is 0 Å². The SMILES string of the molecule is COc1ccc(-c2cn(CC(=O)Nc3ccccc3OC)nc2N2CCOCC2)cc1. The van der Waals surface area contributed by atoms with Gasteiger partial charge >= 0.3 is 0 Å². The Morgan fingerprint density at radius 1 is 1.06 bits per heavy atom. The second kappa shape index (κ2) is 9.53. The van der Waals surface area contributed by atoms with E-state index in [4.69, 9.17) is 19.3 Å². The number of hydrogen-bond acceptors (Lipinski definition) is 6. The number of nitrogens with one attached hydrogen (secondary N) is 1. The van der Waals surface area contributed by atoms with Gasteiger partial charge in [0.25, 0.3) is 0 Å². The average molecular weight is 422 g/mol. The number of hydrogen-bond donors (Lipinski definition) is 1. The lowest BCUT2D eigenvalue weighted by Crippen LogP contribution is -2.36. The van der Waals surface area contributed by atoms with Gasteiger partial charge in [0.1, 0.15) is 18.0 Å². The molecule has 4 rings (SSSR count). The van der Waals surface area contributed by atoms with Gasteiger partial charge < -0.3 is 24.4 Å². The number of methoxy groups -OCH3 is 2. The maximum absolute atomic E-state index is 12.7. The fraction of sp³-hybridized carbons (Fsp3) is 0.304. The van der Waals surface area contributed by atoms with Gasteiger partial charge in [-0.1, -0.05) is 24.3 Å². The summed E-state index contributed by atoms with van der Waals surface area (Å²) in [6.07, 6.45) is 1.91. The second-order valence-corrected chi connectivity index (χ2v) is 7.14. The molecular weight excluding hydrogens is 396 g/mol. The first-order valence-corrected chi connectivity index (χ1v) is 10.2. The van der Waals surface area contributed by atoms with Crippen LogP contribution in [0.1, 0.15) is 0 Å². The Bertz CT molecular complexity index is 1030. The lowest BCUT2D eigenvalue weighted by molar-refractivity contribution is -0.116. The smallest absolute Gasteiger partial charge is 0.246 e. The fourth-order valence-electron chi connectivity index (χ4n) is 3.56. The van der Waals surface area contributed by atoms with Crippen LogP contribution in [0.25, 0.3) is 11.1 Å². The summed E-state index contributed by atoms with van der Waals surface area (Å²) in [6, 6.07) is 15.2. The van der Waals surface area contributed by atoms with E-state index in [0.29, 0.717) is 24.7 Å². The molecule has 2 aromatic carbocycles. The first-order valence-electron chi connectivity index (χ1n) is 10.2. The molecule has 1 saturated heterocycles. The van der Waals surface area contributed by atoms with Crippen molar-refractivity contribution in [3.8, 4) is 22.6 Å². The zero-order valence-electron chi connectivity index (χ0n) is 17.7. The van der Waals surface area contributed by atoms with Crippen molar-refractivity contribution < 1.29 is 19.0 Å². The lowest BCUT2D eigenvalue weighted by Gasteiger charge is -2.27. The minimum absolute atomic E-state index is 0.0888. The van der Waals surface area contributed by atoms with Gasteiger partial charge in [0.2, 0.25) is 5.91 Å². The zero-order valence-corrected chi connectivity index (χ0v) is 17.7. The third-order valence-corrected chi connectivity index (χ3v) is 5.14. The van der Waals surface area contributed by atoms with E-state index in [1.807, 2.05) is 54.7 Å². The summed E-state index contributed by atoms with van der Waals surface area (Å²) < 4.78 is 17.7. The number of anilines is 2. The van der Waals surface area contributed by atoms with Gasteiger partial charge in [0.15, 0.2) is 5.82 Å². The standard InChI is InChI=1S/C23H26N4O4/c1-29-18-9-7-17(8-10-18)19-15-27(25-23(19)26-11-13-31-14-12-26)16-22(28)24-20-5-3-4-6-21(20)30-2/h3-10,15H,11-14,16H2,1-2H3,(H,24,28). The number of nitrogens with zero attached hydrogens (tertiary/aromatic N) is 3. The first-order chi connectivity index (χ1) is 15.2. The third-order valence-electron chi connectivity index (χ3n) is 5.14. The summed E-state index contributed by atoms with van der Waals surface area (Å²) >= 11 is 0. The van der Waals surface area contributed by atoms with Crippen LogP contribution in [-0.4, -0.2) is 56.2 Å². The van der Waals surface area contributed by atoms with Crippen molar-refractivity contribution in [3.05, 3.63) is 54.7 Å². The molecule has 0 radical (unpaired) electrons. The van der Waals surface area contributed by atoms with Crippen molar-refractivity contribution in [1.29, 1.82) is 0 Å². The number of carbonyl (C=O) groups excluding carboxylic acids is 1. The first kappa shape index (κ1) is 20.7. The quantitative estimate of drug-likeness (QED) is 0.631. The predicted octanol–water partition coefficient (Wildman–Crippen LogP) is 3.04. The topological polar surface area (TPSA) is 77.8 Å². The molecule has 0 unspecified atom stereocenters. The normalized spacial score (nSPS) is 13.7. The highest BCUT2D eigenvalue weighted by Crippen LogP contribution is 2.31. The number of ether oxygens (including phenoxy) is 3. The molecule has 0 saturated carbocycles. The van der Waals surface area contributed by atoms with Crippen LogP contribution in [0.3, 0.4) is 0 Å². The summed E-state index contributed by atoms with van der Waals surface area (Å²) in [4.78, 5) is 14.9. The molecule has 0 aliphatic carbocycles. The maximum atomic E-state index is 12.7. The van der Waals surface area contributed by atoms with Crippen molar-refractivity contribution >= 4 is 17.4 Å². The summed E-state index contributed by atoms with van der Waals surface area (Å²) in [6.45, 7) is 2.92. The Hall–Kier alpha value is -3.52. The average Bonchev–Trinajstić information content (AvgIpc) is 3.23. The minimum Gasteiger partial charge on any atom is -0.497 e. The van der Waals surface area contributed by atoms with Crippen LogP contribution in [0, 0.1) is 0 Å². The number of para-hydroxylation sites is 2. The number of rotatable bonds is 7. The predicted molar refractivity (Wildman–Crippen MR) is 119 cm³/mol. The van der Waals surface area contributed by atoms with Crippen molar-refractivity contribution in [1.82, 2.24) is 9.78 Å². The molecule has 1 aliphatic rings. The van der Waals surface area contributed by atoms with Crippen LogP contribution in [-0.2, 0) is 16.1 Å². The van der Waals surface area contributed by atoms with Crippen LogP contribution >= 0.6 is 0 Å². The van der Waals surface area contributed by atoms with Gasteiger partial charge in [-0.2, -0.15) is 5.10 Å². The highest BCUT2D eigenvalue weighted by atomic mass is 16.5. The molecule has 0 bridgehead atoms. The highest BCUT2D eigenvalue weighted by molar-refractivity contribution is 5.92. The van der Waals surface area contributed by atoms with E-state index in [1.54, 1.807) is 18.9 Å². The molecule has 8 nitrogen and oxygen atoms in total. The molecule has 1 fully saturated rings. The minimum atomic E-state index is -0.179. The largest absolute Gasteiger partial charge is 0.497 e. The van der Waals surface area contributed by atoms with E-state index in [1.165, 1.54) is 0 Å². The molecule has 1 aliphatic heterocycles. The summed E-state index contributed by atoms with van der Waals surface area (Å²) in [7, 11) is 3.22. The van der Waals surface area contributed by atoms with Crippen LogP contribution in [0.2, 0.25) is 0 Å². The number of aromatic nitrogens is 2. The van der Waals surface area contributed by atoms with E-state index < -0.39 is 0 Å². The Labute approximate surface area is 181 Å². The van der Waals surface area contributed by atoms with Gasteiger partial charge in [0.05, 0.1) is 33.1 Å². The van der Waals surface area contributed by atoms with Crippen LogP contribution in [0.15, 0.2) is 54.7 Å². The Morgan fingerprint density at radius 3 is 2.52 bits per heavy atom. The Morgan fingerprint density at radius 2 is 1.81 bits per heavy atom. The molecule has 2 heterocycles. The summed E-state index contributed by atoms with van der Waals surface area (Å²) in [5, 5.41) is 7.64. The summed E-state index contributed by atoms with van der Waals surface area (Å²) in [5.41, 5.74) is 2.61. The summed E-state index contributed by atoms with van der Waals surface area (Å²) in [5.74, 6) is 2.07. The van der Waals surface area contributed by atoms with Gasteiger partial charge in [-0.05, 0) is 29.8 Å². The van der Waals surface area contributed by atoms with E-state index >= 15 is 0 Å². The fourth-order valence-corrected chi connectivity index (χ4v) is 3.56. The van der Waals surface area contributed by atoms with E-state index in [0.717, 1.165) is 35.8 Å². The molecule has 31 heavy (non-hydrogen) atoms. The molecule has 3 aromatic rings. The molecule has 1 N–H and O–H groups in total. The van der Waals surface area contributed by atoms with Crippen molar-refractivity contribution in [2.45, 2.75) is 6.54 Å². The molecule has 0 atom stereocenters. The van der Waals surface area contributed by atoms with Gasteiger partial charge in [-0.25, -0.2) is 0 Å². The Balaban J connectivity index is 1.58. The number of benzene rings is 2. The number of carbonyl (C=O) groups is 1. The van der Waals surface area contributed by atoms with E-state index in [-0.39, 0.29) is 12.5 Å². The second-order valence-electron chi connectivity index (χ2n) is 7.14. The number of morpholine rings is 1. The van der Waals surface area contributed by atoms with Crippen LogP contribution < -0.4 is 19.7 Å². The van der Waals surface area contributed by atoms with Crippen molar-refractivity contribution in [2.75, 3.05) is 50.7 Å². The monoisotopic (exact) mass is 422 g/mol. The number of amides is 1. The molecular formula is C23H26N4O4. The third kappa shape index (κ3) is 4.80. The van der Waals surface area contributed by atoms with E-state index in [2.05, 4.69) is 10.2 Å².